The number of hydrazine groups is 1. The number of nitrogens with one attached hydrogen (secondary N) is 2. The molecule has 34 heavy (non-hydrogen) atoms. The zero-order valence-corrected chi connectivity index (χ0v) is 20.3. The van der Waals surface area contributed by atoms with Crippen LogP contribution < -0.4 is 10.7 Å². The van der Waals surface area contributed by atoms with Gasteiger partial charge in [-0.1, -0.05) is 24.3 Å². The van der Waals surface area contributed by atoms with Crippen LogP contribution in [0.4, 0.5) is 15.3 Å². The fraction of sp³-hybridized carbons (Fsp3) is 0.417. The maximum atomic E-state index is 13.7. The highest BCUT2D eigenvalue weighted by atomic mass is 16.6. The summed E-state index contributed by atoms with van der Waals surface area (Å²) in [6, 6.07) is 10.6. The minimum absolute atomic E-state index is 0.142. The molecule has 0 bridgehead atoms. The molecule has 0 radical (unpaired) electrons. The maximum absolute atomic E-state index is 13.7. The van der Waals surface area contributed by atoms with E-state index in [0.717, 1.165) is 17.9 Å². The van der Waals surface area contributed by atoms with Crippen molar-refractivity contribution in [1.82, 2.24) is 10.4 Å². The Bertz CT molecular complexity index is 1160. The topological polar surface area (TPSA) is 123 Å². The Morgan fingerprint density at radius 3 is 2.03 bits per heavy atom. The lowest BCUT2D eigenvalue weighted by molar-refractivity contribution is -0.151. The molecule has 0 spiro atoms. The molecule has 1 aliphatic heterocycles. The lowest BCUT2D eigenvalue weighted by atomic mass is 9.99. The Morgan fingerprint density at radius 2 is 1.50 bits per heavy atom. The number of ketones is 1. The van der Waals surface area contributed by atoms with E-state index in [2.05, 4.69) is 10.7 Å². The van der Waals surface area contributed by atoms with Crippen LogP contribution in [0.5, 0.6) is 0 Å². The molecular weight excluding hydrogens is 442 g/mol. The molecule has 1 aliphatic rings. The fourth-order valence-electron chi connectivity index (χ4n) is 3.48. The molecule has 3 rings (SSSR count). The zero-order valence-electron chi connectivity index (χ0n) is 20.3. The van der Waals surface area contributed by atoms with Crippen molar-refractivity contribution in [2.75, 3.05) is 12.4 Å². The van der Waals surface area contributed by atoms with Crippen LogP contribution in [-0.4, -0.2) is 52.9 Å². The summed E-state index contributed by atoms with van der Waals surface area (Å²) in [5.74, 6) is -1.93. The number of anilines is 1. The molecule has 2 aromatic rings. The fourth-order valence-corrected chi connectivity index (χ4v) is 3.48. The summed E-state index contributed by atoms with van der Waals surface area (Å²) in [7, 11) is 1.07. The summed E-state index contributed by atoms with van der Waals surface area (Å²) < 4.78 is 15.6. The molecule has 0 saturated heterocycles. The number of Topliss-reactive ketones (excluding diaryl/α,β-unsaturated/α-hetero) is 1. The summed E-state index contributed by atoms with van der Waals surface area (Å²) in [4.78, 5) is 52.8. The van der Waals surface area contributed by atoms with Gasteiger partial charge in [-0.2, -0.15) is 5.01 Å². The normalized spacial score (nSPS) is 17.4. The quantitative estimate of drug-likeness (QED) is 0.292. The molecular formula is C24H29N3O7. The average Bonchev–Trinajstić information content (AvgIpc) is 2.99. The Hall–Kier alpha value is -3.82. The molecule has 0 saturated carbocycles. The average molecular weight is 472 g/mol. The van der Waals surface area contributed by atoms with Gasteiger partial charge in [0, 0.05) is 11.3 Å². The van der Waals surface area contributed by atoms with E-state index in [1.54, 1.807) is 53.7 Å². The second-order valence-corrected chi connectivity index (χ2v) is 9.83. The third kappa shape index (κ3) is 4.75. The number of carbonyl (C=O) groups is 4. The number of carbonyl (C=O) groups excluding carboxylic acids is 4. The predicted octanol–water partition coefficient (Wildman–Crippen LogP) is 3.99. The molecule has 10 heteroatoms. The molecule has 2 N–H and O–H groups in total. The first-order valence-corrected chi connectivity index (χ1v) is 10.6. The van der Waals surface area contributed by atoms with Gasteiger partial charge in [0.2, 0.25) is 5.78 Å². The van der Waals surface area contributed by atoms with Crippen molar-refractivity contribution in [1.29, 1.82) is 0 Å². The van der Waals surface area contributed by atoms with E-state index < -0.39 is 40.8 Å². The minimum atomic E-state index is -2.46. The Morgan fingerprint density at radius 1 is 0.941 bits per heavy atom. The molecule has 1 heterocycles. The van der Waals surface area contributed by atoms with E-state index in [0.29, 0.717) is 5.01 Å². The second kappa shape index (κ2) is 8.51. The largest absolute Gasteiger partial charge is 0.465 e. The molecule has 0 aliphatic carbocycles. The molecule has 1 atom stereocenters. The van der Waals surface area contributed by atoms with Gasteiger partial charge in [-0.25, -0.2) is 19.8 Å². The van der Waals surface area contributed by atoms with E-state index in [1.807, 2.05) is 24.3 Å². The number of esters is 1. The van der Waals surface area contributed by atoms with Crippen molar-refractivity contribution < 1.29 is 33.4 Å². The number of methoxy groups -OCH3 is 1. The summed E-state index contributed by atoms with van der Waals surface area (Å²) in [5.41, 5.74) is -1.75. The Labute approximate surface area is 197 Å². The first-order valence-electron chi connectivity index (χ1n) is 10.6. The highest BCUT2D eigenvalue weighted by Gasteiger charge is 2.61. The first-order chi connectivity index (χ1) is 15.7. The Balaban J connectivity index is 2.15. The van der Waals surface area contributed by atoms with E-state index in [9.17, 15) is 19.2 Å². The van der Waals surface area contributed by atoms with Gasteiger partial charge in [0.15, 0.2) is 0 Å². The van der Waals surface area contributed by atoms with E-state index in [-0.39, 0.29) is 11.3 Å². The van der Waals surface area contributed by atoms with Crippen LogP contribution in [0.3, 0.4) is 0 Å². The standard InChI is InChI=1S/C24H29N3O7/c1-22(2,3)33-20(30)26-27(21(31)34-23(4,5)6)24(19(29)32-7)18(28)16-12-14-10-8-9-11-15(14)13-17(16)25-24/h8-13,25H,1-7H3,(H,26,30)/t24-/m1/s1. The van der Waals surface area contributed by atoms with Gasteiger partial charge in [0.05, 0.1) is 7.11 Å². The maximum Gasteiger partial charge on any atom is 0.432 e. The number of fused-ring (bicyclic) bond motifs is 2. The molecule has 10 nitrogen and oxygen atoms in total. The number of amides is 2. The van der Waals surface area contributed by atoms with Crippen molar-refractivity contribution in [3.8, 4) is 0 Å². The van der Waals surface area contributed by atoms with Gasteiger partial charge in [-0.15, -0.1) is 0 Å². The van der Waals surface area contributed by atoms with E-state index in [4.69, 9.17) is 14.2 Å². The van der Waals surface area contributed by atoms with Gasteiger partial charge in [0.25, 0.3) is 5.66 Å². The molecule has 0 aromatic heterocycles. The van der Waals surface area contributed by atoms with Crippen LogP contribution in [0.15, 0.2) is 36.4 Å². The van der Waals surface area contributed by atoms with Crippen LogP contribution in [0.25, 0.3) is 10.8 Å². The number of ether oxygens (including phenoxy) is 3. The SMILES string of the molecule is COC(=O)[C@@]1(N(NC(=O)OC(C)(C)C)C(=O)OC(C)(C)C)Nc2cc3ccccc3cc2C1=O. The highest BCUT2D eigenvalue weighted by Crippen LogP contribution is 2.38. The van der Waals surface area contributed by atoms with Crippen LogP contribution in [0.2, 0.25) is 0 Å². The smallest absolute Gasteiger partial charge is 0.432 e. The van der Waals surface area contributed by atoms with Crippen molar-refractivity contribution in [2.45, 2.75) is 58.4 Å². The third-order valence-electron chi connectivity index (χ3n) is 4.77. The third-order valence-corrected chi connectivity index (χ3v) is 4.77. The molecule has 182 valence electrons. The van der Waals surface area contributed by atoms with E-state index >= 15 is 0 Å². The summed E-state index contributed by atoms with van der Waals surface area (Å²) >= 11 is 0. The van der Waals surface area contributed by atoms with Gasteiger partial charge < -0.3 is 19.5 Å². The van der Waals surface area contributed by atoms with Crippen LogP contribution in [0.1, 0.15) is 51.9 Å². The van der Waals surface area contributed by atoms with Gasteiger partial charge in [-0.05, 0) is 64.4 Å². The summed E-state index contributed by atoms with van der Waals surface area (Å²) in [6.07, 6.45) is -2.24. The molecule has 0 unspecified atom stereocenters. The van der Waals surface area contributed by atoms with Crippen LogP contribution in [0, 0.1) is 0 Å². The van der Waals surface area contributed by atoms with Gasteiger partial charge in [0.1, 0.15) is 11.2 Å². The lowest BCUT2D eigenvalue weighted by Gasteiger charge is -2.37. The van der Waals surface area contributed by atoms with Crippen molar-refractivity contribution >= 4 is 40.4 Å². The summed E-state index contributed by atoms with van der Waals surface area (Å²) in [6.45, 7) is 9.69. The van der Waals surface area contributed by atoms with Gasteiger partial charge in [-0.3, -0.25) is 4.79 Å². The van der Waals surface area contributed by atoms with Crippen molar-refractivity contribution in [3.63, 3.8) is 0 Å². The molecule has 2 amide bonds. The molecule has 0 fully saturated rings. The van der Waals surface area contributed by atoms with Gasteiger partial charge >= 0.3 is 18.2 Å². The predicted molar refractivity (Wildman–Crippen MR) is 124 cm³/mol. The lowest BCUT2D eigenvalue weighted by Crippen LogP contribution is -2.70. The summed E-state index contributed by atoms with van der Waals surface area (Å²) in [5, 5.41) is 4.85. The zero-order chi connectivity index (χ0) is 25.5. The number of benzene rings is 2. The number of hydrogen-bond donors (Lipinski definition) is 2. The number of nitrogens with zero attached hydrogens (tertiary/aromatic N) is 1. The van der Waals surface area contributed by atoms with Crippen molar-refractivity contribution in [2.24, 2.45) is 0 Å². The van der Waals surface area contributed by atoms with Crippen molar-refractivity contribution in [3.05, 3.63) is 42.0 Å². The molecule has 2 aromatic carbocycles. The van der Waals surface area contributed by atoms with Crippen LogP contribution >= 0.6 is 0 Å². The first kappa shape index (κ1) is 24.8. The van der Waals surface area contributed by atoms with E-state index in [1.165, 1.54) is 0 Å². The highest BCUT2D eigenvalue weighted by molar-refractivity contribution is 6.26. The Kier molecular flexibility index (Phi) is 6.21. The second-order valence-electron chi connectivity index (χ2n) is 9.83. The number of rotatable bonds is 2. The minimum Gasteiger partial charge on any atom is -0.465 e. The number of hydrogen-bond acceptors (Lipinski definition) is 8. The monoisotopic (exact) mass is 471 g/mol. The van der Waals surface area contributed by atoms with Crippen LogP contribution in [-0.2, 0) is 19.0 Å².